The van der Waals surface area contributed by atoms with Crippen molar-refractivity contribution in [1.82, 2.24) is 20.5 Å². The van der Waals surface area contributed by atoms with Crippen LogP contribution in [0.15, 0.2) is 29.4 Å². The molecule has 0 radical (unpaired) electrons. The van der Waals surface area contributed by atoms with E-state index in [-0.39, 0.29) is 0 Å². The third-order valence-electron chi connectivity index (χ3n) is 5.78. The lowest BCUT2D eigenvalue weighted by Gasteiger charge is -2.32. The Morgan fingerprint density at radius 1 is 1.29 bits per heavy atom. The first-order valence-corrected chi connectivity index (χ1v) is 10.4. The topological polar surface area (TPSA) is 64.7 Å². The van der Waals surface area contributed by atoms with Gasteiger partial charge in [-0.25, -0.2) is 0 Å². The van der Waals surface area contributed by atoms with Gasteiger partial charge in [-0.3, -0.25) is 4.99 Å². The molecule has 0 unspecified atom stereocenters. The van der Waals surface area contributed by atoms with Crippen LogP contribution in [-0.4, -0.2) is 69.3 Å². The Balaban J connectivity index is 1.39. The van der Waals surface area contributed by atoms with E-state index in [1.54, 1.807) is 7.11 Å². The van der Waals surface area contributed by atoms with E-state index in [2.05, 4.69) is 56.8 Å². The van der Waals surface area contributed by atoms with Crippen molar-refractivity contribution in [2.24, 2.45) is 10.9 Å². The summed E-state index contributed by atoms with van der Waals surface area (Å²) in [6.07, 6.45) is 5.58. The van der Waals surface area contributed by atoms with Crippen molar-refractivity contribution >= 4 is 16.9 Å². The predicted octanol–water partition coefficient (Wildman–Crippen LogP) is 2.54. The number of methoxy groups -OCH3 is 1. The van der Waals surface area contributed by atoms with Crippen molar-refractivity contribution in [2.45, 2.75) is 26.2 Å². The van der Waals surface area contributed by atoms with Crippen molar-refractivity contribution < 1.29 is 4.74 Å². The molecule has 0 aliphatic carbocycles. The average Bonchev–Trinajstić information content (AvgIpc) is 3.14. The molecular weight excluding hydrogens is 350 g/mol. The second kappa shape index (κ2) is 10.5. The van der Waals surface area contributed by atoms with Crippen LogP contribution in [0.2, 0.25) is 0 Å². The lowest BCUT2D eigenvalue weighted by molar-refractivity contribution is 0.121. The average molecular weight is 386 g/mol. The molecule has 3 rings (SSSR count). The standard InChI is InChI=1S/C22H35N5O/c1-17-5-4-6-20-21(17)19(16-25-20)7-10-24-22(23-2)26-15-18-8-11-27(12-9-18)13-14-28-3/h4-6,16,18,25H,7-15H2,1-3H3,(H2,23,24,26). The molecule has 28 heavy (non-hydrogen) atoms. The molecule has 1 fully saturated rings. The predicted molar refractivity (Wildman–Crippen MR) is 117 cm³/mol. The number of ether oxygens (including phenoxy) is 1. The van der Waals surface area contributed by atoms with Crippen LogP contribution in [0.1, 0.15) is 24.0 Å². The molecular formula is C22H35N5O. The fourth-order valence-electron chi connectivity index (χ4n) is 4.06. The molecule has 6 nitrogen and oxygen atoms in total. The Bertz CT molecular complexity index is 761. The summed E-state index contributed by atoms with van der Waals surface area (Å²) in [6.45, 7) is 8.25. The maximum atomic E-state index is 5.18. The smallest absolute Gasteiger partial charge is 0.190 e. The fourth-order valence-corrected chi connectivity index (χ4v) is 4.06. The number of aromatic amines is 1. The van der Waals surface area contributed by atoms with Gasteiger partial charge in [0.2, 0.25) is 0 Å². The Labute approximate surface area is 168 Å². The summed E-state index contributed by atoms with van der Waals surface area (Å²) in [5.74, 6) is 1.62. The number of aryl methyl sites for hydroxylation is 1. The van der Waals surface area contributed by atoms with Gasteiger partial charge in [-0.15, -0.1) is 0 Å². The lowest BCUT2D eigenvalue weighted by Crippen LogP contribution is -2.43. The van der Waals surface area contributed by atoms with Crippen molar-refractivity contribution in [3.8, 4) is 0 Å². The van der Waals surface area contributed by atoms with E-state index in [0.29, 0.717) is 5.92 Å². The van der Waals surface area contributed by atoms with E-state index >= 15 is 0 Å². The second-order valence-electron chi connectivity index (χ2n) is 7.72. The highest BCUT2D eigenvalue weighted by Crippen LogP contribution is 2.22. The fraction of sp³-hybridized carbons (Fsp3) is 0.591. The SMILES string of the molecule is CN=C(NCCc1c[nH]c2cccc(C)c12)NCC1CCN(CCOC)CC1. The van der Waals surface area contributed by atoms with Gasteiger partial charge < -0.3 is 25.3 Å². The summed E-state index contributed by atoms with van der Waals surface area (Å²) in [5, 5.41) is 8.33. The van der Waals surface area contributed by atoms with Crippen molar-refractivity contribution in [1.29, 1.82) is 0 Å². The minimum absolute atomic E-state index is 0.716. The summed E-state index contributed by atoms with van der Waals surface area (Å²) in [4.78, 5) is 10.3. The third kappa shape index (κ3) is 5.49. The maximum absolute atomic E-state index is 5.18. The first-order valence-electron chi connectivity index (χ1n) is 10.4. The Kier molecular flexibility index (Phi) is 7.74. The zero-order chi connectivity index (χ0) is 19.8. The van der Waals surface area contributed by atoms with Crippen molar-refractivity contribution in [3.05, 3.63) is 35.5 Å². The highest BCUT2D eigenvalue weighted by Gasteiger charge is 2.19. The number of hydrogen-bond donors (Lipinski definition) is 3. The second-order valence-corrected chi connectivity index (χ2v) is 7.72. The van der Waals surface area contributed by atoms with Gasteiger partial charge in [0.05, 0.1) is 6.61 Å². The molecule has 0 spiro atoms. The first kappa shape index (κ1) is 20.7. The number of nitrogens with one attached hydrogen (secondary N) is 3. The highest BCUT2D eigenvalue weighted by atomic mass is 16.5. The van der Waals surface area contributed by atoms with Gasteiger partial charge in [0.15, 0.2) is 5.96 Å². The van der Waals surface area contributed by atoms with Crippen molar-refractivity contribution in [3.63, 3.8) is 0 Å². The van der Waals surface area contributed by atoms with E-state index in [9.17, 15) is 0 Å². The molecule has 2 heterocycles. The maximum Gasteiger partial charge on any atom is 0.190 e. The van der Waals surface area contributed by atoms with Crippen LogP contribution >= 0.6 is 0 Å². The number of hydrogen-bond acceptors (Lipinski definition) is 3. The number of fused-ring (bicyclic) bond motifs is 1. The number of aromatic nitrogens is 1. The Morgan fingerprint density at radius 3 is 2.86 bits per heavy atom. The normalized spacial score (nSPS) is 16.6. The summed E-state index contributed by atoms with van der Waals surface area (Å²) in [6, 6.07) is 6.42. The monoisotopic (exact) mass is 385 g/mol. The zero-order valence-corrected chi connectivity index (χ0v) is 17.6. The molecule has 6 heteroatoms. The lowest BCUT2D eigenvalue weighted by atomic mass is 9.97. The third-order valence-corrected chi connectivity index (χ3v) is 5.78. The quantitative estimate of drug-likeness (QED) is 0.483. The largest absolute Gasteiger partial charge is 0.383 e. The summed E-state index contributed by atoms with van der Waals surface area (Å²) in [5.41, 5.74) is 3.90. The van der Waals surface area contributed by atoms with Gasteiger partial charge in [0.1, 0.15) is 0 Å². The number of H-pyrrole nitrogens is 1. The molecule has 0 saturated carbocycles. The molecule has 0 bridgehead atoms. The van der Waals surface area contributed by atoms with E-state index in [1.807, 2.05) is 7.05 Å². The van der Waals surface area contributed by atoms with Gasteiger partial charge >= 0.3 is 0 Å². The number of piperidine rings is 1. The molecule has 2 aromatic rings. The van der Waals surface area contributed by atoms with Crippen molar-refractivity contribution in [2.75, 3.05) is 53.5 Å². The minimum Gasteiger partial charge on any atom is -0.383 e. The molecule has 1 aromatic carbocycles. The van der Waals surface area contributed by atoms with Crippen LogP contribution in [0.5, 0.6) is 0 Å². The van der Waals surface area contributed by atoms with Crippen LogP contribution in [0.4, 0.5) is 0 Å². The van der Waals surface area contributed by atoms with Gasteiger partial charge in [0.25, 0.3) is 0 Å². The highest BCUT2D eigenvalue weighted by molar-refractivity contribution is 5.86. The molecule has 1 aliphatic heterocycles. The Morgan fingerprint density at radius 2 is 2.11 bits per heavy atom. The van der Waals surface area contributed by atoms with E-state index < -0.39 is 0 Å². The molecule has 0 amide bonds. The Hall–Kier alpha value is -2.05. The number of nitrogens with zero attached hydrogens (tertiary/aromatic N) is 2. The van der Waals surface area contributed by atoms with Gasteiger partial charge in [-0.05, 0) is 62.4 Å². The van der Waals surface area contributed by atoms with Crippen LogP contribution in [0.25, 0.3) is 10.9 Å². The van der Waals surface area contributed by atoms with Crippen LogP contribution in [0.3, 0.4) is 0 Å². The molecule has 1 saturated heterocycles. The molecule has 3 N–H and O–H groups in total. The first-order chi connectivity index (χ1) is 13.7. The number of aliphatic imine (C=N–C) groups is 1. The number of likely N-dealkylation sites (tertiary alicyclic amines) is 1. The molecule has 0 atom stereocenters. The van der Waals surface area contributed by atoms with Gasteiger partial charge in [-0.2, -0.15) is 0 Å². The summed E-state index contributed by atoms with van der Waals surface area (Å²) < 4.78 is 5.18. The van der Waals surface area contributed by atoms with Crippen LogP contribution < -0.4 is 10.6 Å². The molecule has 1 aliphatic rings. The zero-order valence-electron chi connectivity index (χ0n) is 17.6. The van der Waals surface area contributed by atoms with Gasteiger partial charge in [-0.1, -0.05) is 12.1 Å². The van der Waals surface area contributed by atoms with E-state index in [1.165, 1.54) is 48.0 Å². The summed E-state index contributed by atoms with van der Waals surface area (Å²) in [7, 11) is 3.62. The molecule has 154 valence electrons. The molecule has 1 aromatic heterocycles. The van der Waals surface area contributed by atoms with Crippen LogP contribution in [-0.2, 0) is 11.2 Å². The van der Waals surface area contributed by atoms with Gasteiger partial charge in [0, 0.05) is 50.9 Å². The van der Waals surface area contributed by atoms with E-state index in [4.69, 9.17) is 4.74 Å². The minimum atomic E-state index is 0.716. The number of benzene rings is 1. The van der Waals surface area contributed by atoms with Crippen LogP contribution in [0, 0.1) is 12.8 Å². The number of guanidine groups is 1. The number of rotatable bonds is 8. The van der Waals surface area contributed by atoms with E-state index in [0.717, 1.165) is 38.6 Å². The summed E-state index contributed by atoms with van der Waals surface area (Å²) >= 11 is 0.